The van der Waals surface area contributed by atoms with Crippen LogP contribution in [0.1, 0.15) is 30.1 Å². The van der Waals surface area contributed by atoms with Crippen molar-refractivity contribution in [3.63, 3.8) is 0 Å². The highest BCUT2D eigenvalue weighted by Gasteiger charge is 2.28. The van der Waals surface area contributed by atoms with E-state index >= 15 is 0 Å². The number of benzene rings is 2. The number of pyridine rings is 1. The Kier molecular flexibility index (Phi) is 4.40. The van der Waals surface area contributed by atoms with Crippen LogP contribution < -0.4 is 10.3 Å². The molecule has 0 N–H and O–H groups in total. The minimum atomic E-state index is -0.141. The number of hydrogen-bond acceptors (Lipinski definition) is 3. The molecular weight excluding hydrogens is 386 g/mol. The van der Waals surface area contributed by atoms with Gasteiger partial charge in [0.25, 0.3) is 5.56 Å². The summed E-state index contributed by atoms with van der Waals surface area (Å²) in [5, 5.41) is 0.664. The SMILES string of the molecule is Cn1c(C2CC2)nc2ccc(-n3ccc(OCc4cccc(Cl)c4)cc3=O)cc21. The summed E-state index contributed by atoms with van der Waals surface area (Å²) in [6, 6.07) is 16.7. The molecule has 2 aromatic carbocycles. The fourth-order valence-corrected chi connectivity index (χ4v) is 3.82. The van der Waals surface area contributed by atoms with Crippen molar-refractivity contribution in [1.82, 2.24) is 14.1 Å². The number of hydrogen-bond donors (Lipinski definition) is 0. The van der Waals surface area contributed by atoms with Crippen LogP contribution in [-0.4, -0.2) is 14.1 Å². The summed E-state index contributed by atoms with van der Waals surface area (Å²) in [6.07, 6.45) is 4.16. The number of aromatic nitrogens is 3. The van der Waals surface area contributed by atoms with Gasteiger partial charge >= 0.3 is 0 Å². The maximum absolute atomic E-state index is 12.7. The molecule has 0 aliphatic heterocycles. The summed E-state index contributed by atoms with van der Waals surface area (Å²) in [4.78, 5) is 17.4. The fourth-order valence-electron chi connectivity index (χ4n) is 3.61. The molecule has 1 saturated carbocycles. The van der Waals surface area contributed by atoms with Crippen LogP contribution in [0.2, 0.25) is 5.02 Å². The Labute approximate surface area is 173 Å². The van der Waals surface area contributed by atoms with Crippen molar-refractivity contribution >= 4 is 22.6 Å². The van der Waals surface area contributed by atoms with E-state index in [1.807, 2.05) is 49.5 Å². The molecule has 4 aromatic rings. The number of aryl methyl sites for hydroxylation is 1. The second-order valence-corrected chi connectivity index (χ2v) is 7.90. The Morgan fingerprint density at radius 2 is 2.00 bits per heavy atom. The van der Waals surface area contributed by atoms with Crippen LogP contribution in [0.3, 0.4) is 0 Å². The van der Waals surface area contributed by atoms with Gasteiger partial charge in [0.2, 0.25) is 0 Å². The van der Waals surface area contributed by atoms with Gasteiger partial charge in [0.1, 0.15) is 18.2 Å². The summed E-state index contributed by atoms with van der Waals surface area (Å²) in [7, 11) is 2.04. The molecule has 0 radical (unpaired) electrons. The molecule has 29 heavy (non-hydrogen) atoms. The molecule has 1 aliphatic rings. The van der Waals surface area contributed by atoms with Crippen LogP contribution >= 0.6 is 11.6 Å². The highest BCUT2D eigenvalue weighted by molar-refractivity contribution is 6.30. The lowest BCUT2D eigenvalue weighted by atomic mass is 10.2. The molecule has 0 unspecified atom stereocenters. The third-order valence-electron chi connectivity index (χ3n) is 5.31. The van der Waals surface area contributed by atoms with Crippen LogP contribution in [0.25, 0.3) is 16.7 Å². The fraction of sp³-hybridized carbons (Fsp3) is 0.217. The van der Waals surface area contributed by atoms with Crippen LogP contribution in [0.5, 0.6) is 5.75 Å². The van der Waals surface area contributed by atoms with Crippen molar-refractivity contribution in [1.29, 1.82) is 0 Å². The second-order valence-electron chi connectivity index (χ2n) is 7.47. The first kappa shape index (κ1) is 18.0. The zero-order valence-corrected chi connectivity index (χ0v) is 16.8. The molecule has 2 heterocycles. The van der Waals surface area contributed by atoms with Crippen molar-refractivity contribution in [3.8, 4) is 11.4 Å². The van der Waals surface area contributed by atoms with Crippen LogP contribution in [0.15, 0.2) is 65.6 Å². The number of nitrogens with zero attached hydrogens (tertiary/aromatic N) is 3. The zero-order chi connectivity index (χ0) is 20.0. The minimum Gasteiger partial charge on any atom is -0.489 e. The van der Waals surface area contributed by atoms with Gasteiger partial charge in [0, 0.05) is 30.3 Å². The van der Waals surface area contributed by atoms with Gasteiger partial charge in [-0.2, -0.15) is 0 Å². The van der Waals surface area contributed by atoms with Gasteiger partial charge < -0.3 is 9.30 Å². The largest absolute Gasteiger partial charge is 0.489 e. The summed E-state index contributed by atoms with van der Waals surface area (Å²) in [5.74, 6) is 2.24. The molecule has 0 spiro atoms. The summed E-state index contributed by atoms with van der Waals surface area (Å²) >= 11 is 6.00. The quantitative estimate of drug-likeness (QED) is 0.477. The molecule has 146 valence electrons. The third-order valence-corrected chi connectivity index (χ3v) is 5.54. The monoisotopic (exact) mass is 405 g/mol. The number of halogens is 1. The molecule has 0 saturated heterocycles. The van der Waals surface area contributed by atoms with Gasteiger partial charge in [-0.15, -0.1) is 0 Å². The van der Waals surface area contributed by atoms with Gasteiger partial charge in [-0.1, -0.05) is 23.7 Å². The Balaban J connectivity index is 1.41. The first-order valence-corrected chi connectivity index (χ1v) is 10.0. The molecule has 0 bridgehead atoms. The van der Waals surface area contributed by atoms with Crippen molar-refractivity contribution in [2.45, 2.75) is 25.4 Å². The van der Waals surface area contributed by atoms with Gasteiger partial charge in [0.05, 0.1) is 16.7 Å². The summed E-state index contributed by atoms with van der Waals surface area (Å²) in [5.41, 5.74) is 3.63. The smallest absolute Gasteiger partial charge is 0.258 e. The number of ether oxygens (including phenoxy) is 1. The molecule has 5 nitrogen and oxygen atoms in total. The van der Waals surface area contributed by atoms with Gasteiger partial charge in [0.15, 0.2) is 0 Å². The van der Waals surface area contributed by atoms with Crippen molar-refractivity contribution < 1.29 is 4.74 Å². The lowest BCUT2D eigenvalue weighted by Gasteiger charge is -2.10. The zero-order valence-electron chi connectivity index (χ0n) is 16.0. The molecule has 5 rings (SSSR count). The summed E-state index contributed by atoms with van der Waals surface area (Å²) < 4.78 is 9.52. The van der Waals surface area contributed by atoms with Gasteiger partial charge in [-0.25, -0.2) is 4.98 Å². The van der Waals surface area contributed by atoms with Gasteiger partial charge in [-0.3, -0.25) is 9.36 Å². The maximum Gasteiger partial charge on any atom is 0.258 e. The van der Waals surface area contributed by atoms with E-state index in [9.17, 15) is 4.79 Å². The topological polar surface area (TPSA) is 49.0 Å². The van der Waals surface area contributed by atoms with E-state index in [0.29, 0.717) is 23.3 Å². The minimum absolute atomic E-state index is 0.141. The Bertz CT molecular complexity index is 1270. The Morgan fingerprint density at radius 3 is 2.76 bits per heavy atom. The van der Waals surface area contributed by atoms with E-state index in [1.165, 1.54) is 18.9 Å². The van der Waals surface area contributed by atoms with E-state index in [2.05, 4.69) is 4.57 Å². The van der Waals surface area contributed by atoms with Crippen LogP contribution in [0, 0.1) is 0 Å². The van der Waals surface area contributed by atoms with Crippen LogP contribution in [0.4, 0.5) is 0 Å². The first-order valence-electron chi connectivity index (χ1n) is 9.65. The first-order chi connectivity index (χ1) is 14.1. The number of rotatable bonds is 5. The third kappa shape index (κ3) is 3.54. The van der Waals surface area contributed by atoms with Gasteiger partial charge in [-0.05, 0) is 54.8 Å². The molecule has 1 fully saturated rings. The molecular formula is C23H20ClN3O2. The number of fused-ring (bicyclic) bond motifs is 1. The normalized spacial score (nSPS) is 13.7. The highest BCUT2D eigenvalue weighted by Crippen LogP contribution is 2.40. The second kappa shape index (κ2) is 7.08. The predicted molar refractivity (Wildman–Crippen MR) is 114 cm³/mol. The van der Waals surface area contributed by atoms with Crippen molar-refractivity contribution in [2.24, 2.45) is 7.05 Å². The van der Waals surface area contributed by atoms with Crippen LogP contribution in [-0.2, 0) is 13.7 Å². The van der Waals surface area contributed by atoms with E-state index in [4.69, 9.17) is 21.3 Å². The van der Waals surface area contributed by atoms with Crippen molar-refractivity contribution in [3.05, 3.63) is 87.6 Å². The average molecular weight is 406 g/mol. The lowest BCUT2D eigenvalue weighted by Crippen LogP contribution is -2.16. The molecule has 0 atom stereocenters. The average Bonchev–Trinajstić information content (AvgIpc) is 3.51. The van der Waals surface area contributed by atoms with E-state index in [0.717, 1.165) is 28.1 Å². The molecule has 2 aromatic heterocycles. The van der Waals surface area contributed by atoms with E-state index in [-0.39, 0.29) is 5.56 Å². The maximum atomic E-state index is 12.7. The molecule has 0 amide bonds. The predicted octanol–water partition coefficient (Wildman–Crippen LogP) is 4.83. The van der Waals surface area contributed by atoms with E-state index < -0.39 is 0 Å². The van der Waals surface area contributed by atoms with Crippen molar-refractivity contribution in [2.75, 3.05) is 0 Å². The summed E-state index contributed by atoms with van der Waals surface area (Å²) in [6.45, 7) is 0.356. The lowest BCUT2D eigenvalue weighted by molar-refractivity contribution is 0.305. The molecule has 1 aliphatic carbocycles. The standard InChI is InChI=1S/C23H20ClN3O2/c1-26-21-12-18(7-8-20(21)25-23(26)16-5-6-16)27-10-9-19(13-22(27)28)29-14-15-3-2-4-17(24)11-15/h2-4,7-13,16H,5-6,14H2,1H3. The Morgan fingerprint density at radius 1 is 1.14 bits per heavy atom. The highest BCUT2D eigenvalue weighted by atomic mass is 35.5. The van der Waals surface area contributed by atoms with E-state index in [1.54, 1.807) is 16.8 Å². The Hall–Kier alpha value is -3.05. The number of imidazole rings is 1. The molecule has 6 heteroatoms.